The summed E-state index contributed by atoms with van der Waals surface area (Å²) in [6.45, 7) is 7.62. The van der Waals surface area contributed by atoms with E-state index in [1.807, 2.05) is 45.2 Å². The van der Waals surface area contributed by atoms with Crippen LogP contribution in [0.25, 0.3) is 10.8 Å². The van der Waals surface area contributed by atoms with Crippen LogP contribution in [0.3, 0.4) is 0 Å². The molecule has 0 unspecified atom stereocenters. The number of hydrogen-bond acceptors (Lipinski definition) is 5. The minimum atomic E-state index is -0.518. The standard InChI is InChI=1S/C14H19N3O3S/c1-9(15-12(18)14(2,3)4)8-17-13(19)20-11(16-17)10-6-5-7-21-10/h5-7,9H,8H2,1-4H3,(H,15,18)/t9-/m0/s1. The van der Waals surface area contributed by atoms with E-state index in [4.69, 9.17) is 4.42 Å². The highest BCUT2D eigenvalue weighted by atomic mass is 32.1. The lowest BCUT2D eigenvalue weighted by atomic mass is 9.95. The van der Waals surface area contributed by atoms with Crippen LogP contribution in [-0.2, 0) is 11.3 Å². The van der Waals surface area contributed by atoms with Gasteiger partial charge in [0.25, 0.3) is 5.89 Å². The molecule has 2 rings (SSSR count). The van der Waals surface area contributed by atoms with Gasteiger partial charge in [0.05, 0.1) is 11.4 Å². The van der Waals surface area contributed by atoms with Gasteiger partial charge in [-0.25, -0.2) is 4.79 Å². The SMILES string of the molecule is C[C@@H](Cn1nc(-c2cccs2)oc1=O)NC(=O)C(C)(C)C. The summed E-state index contributed by atoms with van der Waals surface area (Å²) in [6, 6.07) is 3.49. The average Bonchev–Trinajstić information content (AvgIpc) is 2.98. The van der Waals surface area contributed by atoms with Gasteiger partial charge in [-0.15, -0.1) is 16.4 Å². The average molecular weight is 309 g/mol. The van der Waals surface area contributed by atoms with Crippen LogP contribution in [0.4, 0.5) is 0 Å². The monoisotopic (exact) mass is 309 g/mol. The van der Waals surface area contributed by atoms with Gasteiger partial charge in [-0.05, 0) is 18.4 Å². The van der Waals surface area contributed by atoms with Crippen molar-refractivity contribution in [2.45, 2.75) is 40.3 Å². The maximum atomic E-state index is 11.9. The number of nitrogens with one attached hydrogen (secondary N) is 1. The molecule has 0 aliphatic carbocycles. The molecule has 0 saturated heterocycles. The third-order valence-electron chi connectivity index (χ3n) is 2.84. The molecule has 0 bridgehead atoms. The van der Waals surface area contributed by atoms with Crippen LogP contribution in [-0.4, -0.2) is 21.7 Å². The Labute approximate surface area is 126 Å². The fraction of sp³-hybridized carbons (Fsp3) is 0.500. The molecular formula is C14H19N3O3S. The maximum absolute atomic E-state index is 11.9. The summed E-state index contributed by atoms with van der Waals surface area (Å²) in [5, 5.41) is 8.91. The molecule has 0 fully saturated rings. The highest BCUT2D eigenvalue weighted by Crippen LogP contribution is 2.21. The molecule has 0 saturated carbocycles. The normalized spacial score (nSPS) is 13.1. The van der Waals surface area contributed by atoms with Crippen molar-refractivity contribution in [3.05, 3.63) is 28.1 Å². The first-order valence-corrected chi connectivity index (χ1v) is 7.58. The molecule has 114 valence electrons. The molecule has 0 aromatic carbocycles. The highest BCUT2D eigenvalue weighted by molar-refractivity contribution is 7.13. The Morgan fingerprint density at radius 1 is 1.52 bits per heavy atom. The largest absolute Gasteiger partial charge is 0.437 e. The number of thiophene rings is 1. The lowest BCUT2D eigenvalue weighted by molar-refractivity contribution is -0.129. The fourth-order valence-corrected chi connectivity index (χ4v) is 2.31. The van der Waals surface area contributed by atoms with Gasteiger partial charge in [0.15, 0.2) is 0 Å². The minimum absolute atomic E-state index is 0.0648. The van der Waals surface area contributed by atoms with Gasteiger partial charge >= 0.3 is 5.76 Å². The van der Waals surface area contributed by atoms with Crippen molar-refractivity contribution >= 4 is 17.2 Å². The summed E-state index contributed by atoms with van der Waals surface area (Å²) >= 11 is 1.45. The van der Waals surface area contributed by atoms with Gasteiger partial charge in [-0.3, -0.25) is 4.79 Å². The third kappa shape index (κ3) is 3.81. The van der Waals surface area contributed by atoms with Crippen molar-refractivity contribution in [2.24, 2.45) is 5.41 Å². The Kier molecular flexibility index (Phi) is 4.32. The van der Waals surface area contributed by atoms with Crippen molar-refractivity contribution in [3.63, 3.8) is 0 Å². The van der Waals surface area contributed by atoms with E-state index < -0.39 is 11.2 Å². The van der Waals surface area contributed by atoms with Gasteiger partial charge in [0.1, 0.15) is 0 Å². The van der Waals surface area contributed by atoms with Crippen LogP contribution < -0.4 is 11.1 Å². The summed E-state index contributed by atoms with van der Waals surface area (Å²) in [5.41, 5.74) is -0.467. The van der Waals surface area contributed by atoms with Crippen LogP contribution in [0, 0.1) is 5.41 Å². The van der Waals surface area contributed by atoms with Crippen molar-refractivity contribution in [2.75, 3.05) is 0 Å². The van der Waals surface area contributed by atoms with Crippen LogP contribution in [0.1, 0.15) is 27.7 Å². The molecule has 0 radical (unpaired) electrons. The number of amides is 1. The van der Waals surface area contributed by atoms with E-state index in [1.165, 1.54) is 16.0 Å². The second-order valence-electron chi connectivity index (χ2n) is 5.96. The summed E-state index contributed by atoms with van der Waals surface area (Å²) in [6.07, 6.45) is 0. The Bertz CT molecular complexity index is 664. The van der Waals surface area contributed by atoms with E-state index >= 15 is 0 Å². The molecule has 0 aliphatic heterocycles. The molecule has 2 aromatic rings. The van der Waals surface area contributed by atoms with E-state index in [2.05, 4.69) is 10.4 Å². The molecule has 6 nitrogen and oxygen atoms in total. The maximum Gasteiger partial charge on any atom is 0.437 e. The summed E-state index contributed by atoms with van der Waals surface area (Å²) in [7, 11) is 0. The van der Waals surface area contributed by atoms with E-state index in [-0.39, 0.29) is 18.5 Å². The van der Waals surface area contributed by atoms with Gasteiger partial charge in [-0.2, -0.15) is 4.68 Å². The molecule has 21 heavy (non-hydrogen) atoms. The third-order valence-corrected chi connectivity index (χ3v) is 3.70. The van der Waals surface area contributed by atoms with Crippen molar-refractivity contribution in [3.8, 4) is 10.8 Å². The Hall–Kier alpha value is -1.89. The van der Waals surface area contributed by atoms with E-state index in [1.54, 1.807) is 0 Å². The smallest absolute Gasteiger partial charge is 0.387 e. The molecule has 0 spiro atoms. The Balaban J connectivity index is 2.07. The zero-order valence-electron chi connectivity index (χ0n) is 12.5. The van der Waals surface area contributed by atoms with E-state index in [0.29, 0.717) is 5.89 Å². The first kappa shape index (κ1) is 15.5. The number of carbonyl (C=O) groups is 1. The topological polar surface area (TPSA) is 77.1 Å². The first-order valence-electron chi connectivity index (χ1n) is 6.70. The van der Waals surface area contributed by atoms with Gasteiger partial charge in [-0.1, -0.05) is 26.8 Å². The predicted molar refractivity (Wildman–Crippen MR) is 81.1 cm³/mol. The second-order valence-corrected chi connectivity index (χ2v) is 6.90. The molecule has 7 heteroatoms. The first-order chi connectivity index (χ1) is 9.77. The highest BCUT2D eigenvalue weighted by Gasteiger charge is 2.23. The molecule has 1 atom stereocenters. The Morgan fingerprint density at radius 2 is 2.24 bits per heavy atom. The van der Waals surface area contributed by atoms with Crippen molar-refractivity contribution < 1.29 is 9.21 Å². The molecule has 1 N–H and O–H groups in total. The number of rotatable bonds is 4. The zero-order valence-corrected chi connectivity index (χ0v) is 13.4. The second kappa shape index (κ2) is 5.85. The van der Waals surface area contributed by atoms with Gasteiger partial charge < -0.3 is 9.73 Å². The van der Waals surface area contributed by atoms with Crippen molar-refractivity contribution in [1.29, 1.82) is 0 Å². The van der Waals surface area contributed by atoms with Crippen molar-refractivity contribution in [1.82, 2.24) is 15.1 Å². The fourth-order valence-electron chi connectivity index (χ4n) is 1.67. The van der Waals surface area contributed by atoms with Crippen LogP contribution >= 0.6 is 11.3 Å². The van der Waals surface area contributed by atoms with E-state index in [0.717, 1.165) is 4.88 Å². The summed E-state index contributed by atoms with van der Waals surface area (Å²) < 4.78 is 6.36. The molecular weight excluding hydrogens is 290 g/mol. The number of aromatic nitrogens is 2. The molecule has 0 aliphatic rings. The molecule has 1 amide bonds. The summed E-state index contributed by atoms with van der Waals surface area (Å²) in [4.78, 5) is 24.5. The zero-order chi connectivity index (χ0) is 15.6. The van der Waals surface area contributed by atoms with Crippen LogP contribution in [0.15, 0.2) is 26.7 Å². The quantitative estimate of drug-likeness (QED) is 0.938. The predicted octanol–water partition coefficient (Wildman–Crippen LogP) is 2.12. The van der Waals surface area contributed by atoms with Crippen LogP contribution in [0.5, 0.6) is 0 Å². The van der Waals surface area contributed by atoms with Gasteiger partial charge in [0.2, 0.25) is 5.91 Å². The number of nitrogens with zero attached hydrogens (tertiary/aromatic N) is 2. The van der Waals surface area contributed by atoms with Crippen LogP contribution in [0.2, 0.25) is 0 Å². The number of carbonyl (C=O) groups excluding carboxylic acids is 1. The lowest BCUT2D eigenvalue weighted by Crippen LogP contribution is -2.43. The lowest BCUT2D eigenvalue weighted by Gasteiger charge is -2.21. The van der Waals surface area contributed by atoms with Gasteiger partial charge in [0, 0.05) is 11.5 Å². The van der Waals surface area contributed by atoms with E-state index in [9.17, 15) is 9.59 Å². The minimum Gasteiger partial charge on any atom is -0.387 e. The summed E-state index contributed by atoms with van der Waals surface area (Å²) in [5.74, 6) is -0.273. The Morgan fingerprint density at radius 3 is 2.81 bits per heavy atom. The number of hydrogen-bond donors (Lipinski definition) is 1. The molecule has 2 heterocycles. The molecule has 2 aromatic heterocycles.